The Morgan fingerprint density at radius 2 is 0.905 bits per heavy atom. The van der Waals surface area contributed by atoms with E-state index in [4.69, 9.17) is 69.7 Å². The van der Waals surface area contributed by atoms with Crippen molar-refractivity contribution in [3.05, 3.63) is 358 Å². The number of aryl methyl sites for hydroxylation is 4. The normalized spacial score (nSPS) is 13.1. The van der Waals surface area contributed by atoms with Gasteiger partial charge in [0, 0.05) is 73.4 Å². The van der Waals surface area contributed by atoms with Crippen molar-refractivity contribution in [2.75, 3.05) is 42.6 Å². The van der Waals surface area contributed by atoms with Gasteiger partial charge >= 0.3 is 6.18 Å². The molecule has 0 radical (unpaired) electrons. The number of carbonyl (C=O) groups excluding carboxylic acids is 1. The molecule has 2 unspecified atom stereocenters. The van der Waals surface area contributed by atoms with Gasteiger partial charge in [-0.25, -0.2) is 72.2 Å². The lowest BCUT2D eigenvalue weighted by Crippen LogP contribution is -2.30. The number of Topliss-reactive ketones (excluding diaryl/α,β-unsaturated/α-hetero) is 1. The topological polar surface area (TPSA) is 344 Å². The Balaban J connectivity index is 0.000000202. The SMILES string of the molecule is CS(=O)(=O)Nc1ccc(Br)cc1SC1(C(Cl)C(=O)CO)CC1.CS(=O)(=O)c1cc(Cl)ccc1CS(=O)(=O)c1cccc(C(F)(F)F)c1.CSc1cc(Cl)ccc1CS(=O)(=O)c1cccc(C)c1.Cc1ccc(S(=O)(=O)Cc2cc(Cl)ccc2SCc2ccccc2)cc1.Cc1cccc(S(=O)(=O)Cc2ccc(Cl)cc2S(C)=O)c1.[C-]#[N+]c1ccc(CS(=O)(=O)c2ccc(C)cc2)c(S(C)(=O)=O)c1. The molecule has 1 aliphatic rings. The summed E-state index contributed by atoms with van der Waals surface area (Å²) in [5.74, 6) is -1.11. The Morgan fingerprint density at radius 3 is 1.37 bits per heavy atom. The highest BCUT2D eigenvalue weighted by molar-refractivity contribution is 9.10. The van der Waals surface area contributed by atoms with Gasteiger partial charge in [-0.05, 0) is 237 Å². The molecule has 12 aromatic rings. The van der Waals surface area contributed by atoms with Crippen molar-refractivity contribution in [2.24, 2.45) is 0 Å². The van der Waals surface area contributed by atoms with E-state index in [1.165, 1.54) is 77.8 Å². The average Bonchev–Trinajstić information content (AvgIpc) is 1.61. The van der Waals surface area contributed by atoms with Gasteiger partial charge in [-0.1, -0.05) is 189 Å². The summed E-state index contributed by atoms with van der Waals surface area (Å²) in [6.45, 7) is 13.9. The number of rotatable bonds is 29. The zero-order chi connectivity index (χ0) is 102. The van der Waals surface area contributed by atoms with Crippen LogP contribution in [0.5, 0.6) is 0 Å². The van der Waals surface area contributed by atoms with Crippen LogP contribution in [0.3, 0.4) is 0 Å². The molecule has 730 valence electrons. The van der Waals surface area contributed by atoms with Crippen molar-refractivity contribution >= 4 is 216 Å². The van der Waals surface area contributed by atoms with Gasteiger partial charge in [-0.2, -0.15) is 13.2 Å². The van der Waals surface area contributed by atoms with Gasteiger partial charge in [-0.15, -0.1) is 46.9 Å². The highest BCUT2D eigenvalue weighted by Gasteiger charge is 2.53. The fourth-order valence-corrected chi connectivity index (χ4v) is 28.6. The summed E-state index contributed by atoms with van der Waals surface area (Å²) in [4.78, 5) is 18.0. The van der Waals surface area contributed by atoms with Gasteiger partial charge in [0.05, 0.1) is 97.9 Å². The van der Waals surface area contributed by atoms with E-state index in [1.807, 2.05) is 82.5 Å². The number of halogens is 9. The molecule has 2 atom stereocenters. The Bertz CT molecular complexity index is 7480. The average molecular weight is 2260 g/mol. The Labute approximate surface area is 847 Å². The fourth-order valence-electron chi connectivity index (χ4n) is 12.8. The standard InChI is InChI=1S/C21H19ClO2S2.C16H15NO4S2.C15H12ClF3O4S2.C15H15ClO3S2.C15H15ClO2S2.C13H15BrClNO4S2/c1-16-7-10-20(11-8-16)26(23,24)15-18-13-19(22)9-12-21(18)25-14-17-5-3-2-4-6-17;1-12-4-8-15(9-5-12)23(20,21)11-13-6-7-14(17-2)10-16(13)22(3,18)19;1-24(20,21)14-8-12(16)6-5-10(14)9-25(22,23)13-4-2-3-11(7-13)15(17,18)19;1-11-4-3-5-14(8-11)21(18,19)10-12-6-7-13(16)9-15(12)20(2)17;1-11-4-3-5-14(8-11)20(17,18)10-12-6-7-13(16)9-15(12)19-2;1-22(19,20)16-9-3-2-8(14)6-11(9)21-13(4-5-13)12(15)10(18)7-17/h2-13H,14-15H2,1H3;4-10H,11H2,1,3H3;2-8H,9H2,1H3;3-9H,10H2,1-2H3;3-9H,10H2,1-2H3;2-3,6,12,16-17H,4-5,7H2,1H3. The van der Waals surface area contributed by atoms with Crippen molar-refractivity contribution in [1.29, 1.82) is 0 Å². The second kappa shape index (κ2) is 49.2. The van der Waals surface area contributed by atoms with Crippen LogP contribution in [0.15, 0.2) is 319 Å². The van der Waals surface area contributed by atoms with Crippen molar-refractivity contribution in [3.63, 3.8) is 0 Å². The van der Waals surface area contributed by atoms with Crippen LogP contribution in [0.2, 0.25) is 20.1 Å². The number of hydrogen-bond donors (Lipinski definition) is 2. The molecule has 0 bridgehead atoms. The molecule has 0 amide bonds. The van der Waals surface area contributed by atoms with Crippen LogP contribution in [-0.4, -0.2) is 130 Å². The molecule has 42 heteroatoms. The predicted molar refractivity (Wildman–Crippen MR) is 548 cm³/mol. The molecule has 0 heterocycles. The number of aliphatic hydroxyl groups is 1. The number of thioether (sulfide) groups is 3. The Morgan fingerprint density at radius 1 is 0.474 bits per heavy atom. The molecule has 0 aliphatic heterocycles. The monoisotopic (exact) mass is 2260 g/mol. The van der Waals surface area contributed by atoms with E-state index < -0.39 is 140 Å². The van der Waals surface area contributed by atoms with E-state index in [0.717, 1.165) is 109 Å². The molecule has 2 N–H and O–H groups in total. The van der Waals surface area contributed by atoms with Crippen LogP contribution >= 0.6 is 109 Å². The predicted octanol–water partition coefficient (Wildman–Crippen LogP) is 22.9. The van der Waals surface area contributed by atoms with Gasteiger partial charge in [0.2, 0.25) is 10.0 Å². The fraction of sp³-hybridized carbons (Fsp3) is 0.221. The van der Waals surface area contributed by atoms with Crippen molar-refractivity contribution in [2.45, 2.75) is 145 Å². The molecular weight excluding hydrogens is 2170 g/mol. The third-order valence-corrected chi connectivity index (χ3v) is 37.9. The zero-order valence-electron chi connectivity index (χ0n) is 74.3. The van der Waals surface area contributed by atoms with Crippen molar-refractivity contribution < 1.29 is 94.6 Å². The summed E-state index contributed by atoms with van der Waals surface area (Å²) in [5, 5.41) is 9.87. The van der Waals surface area contributed by atoms with E-state index in [2.05, 4.69) is 37.6 Å². The van der Waals surface area contributed by atoms with E-state index >= 15 is 0 Å². The summed E-state index contributed by atoms with van der Waals surface area (Å²) >= 11 is 37.7. The Hall–Kier alpha value is -7.92. The molecule has 13 rings (SSSR count). The highest BCUT2D eigenvalue weighted by Crippen LogP contribution is 2.57. The van der Waals surface area contributed by atoms with Gasteiger partial charge in [-0.3, -0.25) is 13.7 Å². The first-order valence-corrected chi connectivity index (χ1v) is 61.4. The van der Waals surface area contributed by atoms with Crippen LogP contribution < -0.4 is 4.72 Å². The molecule has 0 saturated heterocycles. The number of ketones is 1. The van der Waals surface area contributed by atoms with Gasteiger partial charge < -0.3 is 5.11 Å². The van der Waals surface area contributed by atoms with Gasteiger partial charge in [0.1, 0.15) is 12.0 Å². The first-order valence-electron chi connectivity index (χ1n) is 40.2. The smallest absolute Gasteiger partial charge is 0.389 e. The number of nitrogens with one attached hydrogen (secondary N) is 1. The number of anilines is 1. The van der Waals surface area contributed by atoms with E-state index in [0.29, 0.717) is 52.0 Å². The van der Waals surface area contributed by atoms with Crippen molar-refractivity contribution in [3.8, 4) is 0 Å². The largest absolute Gasteiger partial charge is 0.416 e. The van der Waals surface area contributed by atoms with Gasteiger partial charge in [0.15, 0.2) is 80.3 Å². The molecule has 1 aliphatic carbocycles. The maximum absolute atomic E-state index is 12.8. The van der Waals surface area contributed by atoms with E-state index in [-0.39, 0.29) is 58.7 Å². The summed E-state index contributed by atoms with van der Waals surface area (Å²) in [7, 11) is -30.2. The number of alkyl halides is 4. The maximum atomic E-state index is 12.8. The van der Waals surface area contributed by atoms with Crippen LogP contribution in [0.25, 0.3) is 4.85 Å². The number of aliphatic hydroxyl groups excluding tert-OH is 1. The van der Waals surface area contributed by atoms with Crippen LogP contribution in [0, 0.1) is 34.3 Å². The first-order chi connectivity index (χ1) is 63.8. The minimum atomic E-state index is -4.69. The number of hydrogen-bond acceptors (Lipinski definition) is 22. The summed E-state index contributed by atoms with van der Waals surface area (Å²) in [6, 6.07) is 68.8. The molecule has 21 nitrogen and oxygen atoms in total. The summed E-state index contributed by atoms with van der Waals surface area (Å²) < 4.78 is 248. The van der Waals surface area contributed by atoms with Crippen LogP contribution in [-0.2, 0) is 135 Å². The lowest BCUT2D eigenvalue weighted by atomic mass is 10.2. The zero-order valence-corrected chi connectivity index (χ0v) is 89.5. The Kier molecular flexibility index (Phi) is 41.0. The van der Waals surface area contributed by atoms with Crippen LogP contribution in [0.4, 0.5) is 24.5 Å². The third-order valence-electron chi connectivity index (χ3n) is 19.8. The number of nitrogens with zero attached hydrogens (tertiary/aromatic N) is 1. The number of sulfone groups is 7. The van der Waals surface area contributed by atoms with E-state index in [9.17, 15) is 89.5 Å². The number of benzene rings is 12. The quantitative estimate of drug-likeness (QED) is 0.0250. The third kappa shape index (κ3) is 35.0. The molecule has 0 spiro atoms. The second-order valence-electron chi connectivity index (χ2n) is 31.1. The molecule has 137 heavy (non-hydrogen) atoms. The van der Waals surface area contributed by atoms with E-state index in [1.54, 1.807) is 139 Å². The first kappa shape index (κ1) is 114. The molecule has 1 saturated carbocycles. The number of carbonyl (C=O) groups is 1. The molecule has 1 fully saturated rings. The molecule has 12 aromatic carbocycles. The minimum absolute atomic E-state index is 0.0101. The minimum Gasteiger partial charge on any atom is -0.389 e. The second-order valence-corrected chi connectivity index (χ2v) is 54.6. The maximum Gasteiger partial charge on any atom is 0.416 e. The van der Waals surface area contributed by atoms with Crippen molar-refractivity contribution in [1.82, 2.24) is 0 Å². The molecular formula is C95H91BrCl5F3N2O19S12. The molecule has 0 aromatic heterocycles. The lowest BCUT2D eigenvalue weighted by molar-refractivity contribution is -0.137. The summed E-state index contributed by atoms with van der Waals surface area (Å²) in [6.07, 6.45) is 3.17. The van der Waals surface area contributed by atoms with Gasteiger partial charge in [0.25, 0.3) is 0 Å². The lowest BCUT2D eigenvalue weighted by Gasteiger charge is -2.21. The van der Waals surface area contributed by atoms with Crippen LogP contribution in [0.1, 0.15) is 74.0 Å². The number of sulfonamides is 1. The summed E-state index contributed by atoms with van der Waals surface area (Å²) in [5.41, 5.74) is 6.61. The highest BCUT2D eigenvalue weighted by atomic mass is 79.9.